The minimum absolute atomic E-state index is 0.216. The van der Waals surface area contributed by atoms with Crippen LogP contribution in [0.25, 0.3) is 0 Å². The third kappa shape index (κ3) is 3.31. The lowest BCUT2D eigenvalue weighted by atomic mass is 10.0. The van der Waals surface area contributed by atoms with Gasteiger partial charge in [-0.15, -0.1) is 0 Å². The van der Waals surface area contributed by atoms with Gasteiger partial charge in [0.15, 0.2) is 11.9 Å². The Morgan fingerprint density at radius 3 is 2.80 bits per heavy atom. The summed E-state index contributed by atoms with van der Waals surface area (Å²) in [4.78, 5) is 28.5. The van der Waals surface area contributed by atoms with Gasteiger partial charge in [0.25, 0.3) is 5.91 Å². The van der Waals surface area contributed by atoms with Crippen LogP contribution in [0.4, 0.5) is 11.5 Å². The number of nitrogens with one attached hydrogen (secondary N) is 1. The standard InChI is InChI=1S/C18H19N5O2/c24-18(14-10-16(25-22-14)13-6-2-1-3-7-13)21-15-11-19-12-20-17(15)23-8-4-5-9-23/h1-3,6-7,11-12,16H,4-5,8-10H2,(H,21,24)/t16-/m0/s1. The van der Waals surface area contributed by atoms with Crippen molar-refractivity contribution in [2.45, 2.75) is 25.4 Å². The summed E-state index contributed by atoms with van der Waals surface area (Å²) in [6.45, 7) is 1.89. The van der Waals surface area contributed by atoms with E-state index in [1.165, 1.54) is 6.33 Å². The molecule has 128 valence electrons. The van der Waals surface area contributed by atoms with Crippen molar-refractivity contribution in [3.8, 4) is 0 Å². The minimum atomic E-state index is -0.270. The zero-order valence-electron chi connectivity index (χ0n) is 13.8. The van der Waals surface area contributed by atoms with Gasteiger partial charge in [-0.05, 0) is 18.4 Å². The Labute approximate surface area is 145 Å². The molecule has 1 N–H and O–H groups in total. The molecule has 1 amide bonds. The fourth-order valence-electron chi connectivity index (χ4n) is 3.14. The van der Waals surface area contributed by atoms with Crippen molar-refractivity contribution in [1.82, 2.24) is 9.97 Å². The summed E-state index contributed by atoms with van der Waals surface area (Å²) >= 11 is 0. The first kappa shape index (κ1) is 15.6. The normalized spacial score (nSPS) is 19.4. The summed E-state index contributed by atoms with van der Waals surface area (Å²) in [6.07, 6.45) is 5.64. The lowest BCUT2D eigenvalue weighted by Gasteiger charge is -2.19. The van der Waals surface area contributed by atoms with Gasteiger partial charge in [-0.3, -0.25) is 4.79 Å². The number of oxime groups is 1. The molecule has 0 spiro atoms. The van der Waals surface area contributed by atoms with Crippen LogP contribution in [0.15, 0.2) is 48.0 Å². The van der Waals surface area contributed by atoms with Gasteiger partial charge in [-0.2, -0.15) is 0 Å². The molecule has 2 aliphatic heterocycles. The van der Waals surface area contributed by atoms with Crippen LogP contribution in [0.3, 0.4) is 0 Å². The Balaban J connectivity index is 1.45. The van der Waals surface area contributed by atoms with E-state index < -0.39 is 0 Å². The van der Waals surface area contributed by atoms with E-state index in [-0.39, 0.29) is 12.0 Å². The number of rotatable bonds is 4. The number of hydrogen-bond acceptors (Lipinski definition) is 6. The van der Waals surface area contributed by atoms with E-state index in [4.69, 9.17) is 4.84 Å². The van der Waals surface area contributed by atoms with Crippen molar-refractivity contribution in [2.75, 3.05) is 23.3 Å². The topological polar surface area (TPSA) is 79.7 Å². The second-order valence-electron chi connectivity index (χ2n) is 6.16. The van der Waals surface area contributed by atoms with Crippen LogP contribution in [0.1, 0.15) is 30.9 Å². The third-order valence-corrected chi connectivity index (χ3v) is 4.45. The van der Waals surface area contributed by atoms with Gasteiger partial charge >= 0.3 is 0 Å². The number of hydrogen-bond donors (Lipinski definition) is 1. The van der Waals surface area contributed by atoms with Gasteiger partial charge in [0.2, 0.25) is 0 Å². The maximum Gasteiger partial charge on any atom is 0.273 e. The van der Waals surface area contributed by atoms with E-state index in [9.17, 15) is 4.79 Å². The Morgan fingerprint density at radius 2 is 2.00 bits per heavy atom. The molecule has 1 aromatic heterocycles. The van der Waals surface area contributed by atoms with Gasteiger partial charge in [0, 0.05) is 19.5 Å². The van der Waals surface area contributed by atoms with Crippen molar-refractivity contribution >= 4 is 23.1 Å². The van der Waals surface area contributed by atoms with Crippen molar-refractivity contribution < 1.29 is 9.63 Å². The molecule has 1 atom stereocenters. The predicted octanol–water partition coefficient (Wildman–Crippen LogP) is 2.53. The smallest absolute Gasteiger partial charge is 0.273 e. The average Bonchev–Trinajstić information content (AvgIpc) is 3.35. The number of benzene rings is 1. The summed E-state index contributed by atoms with van der Waals surface area (Å²) in [5.74, 6) is 0.494. The molecular formula is C18H19N5O2. The van der Waals surface area contributed by atoms with Crippen molar-refractivity contribution in [3.05, 3.63) is 48.4 Å². The van der Waals surface area contributed by atoms with Crippen LogP contribution in [0.2, 0.25) is 0 Å². The molecule has 1 fully saturated rings. The monoisotopic (exact) mass is 337 g/mol. The maximum absolute atomic E-state index is 12.6. The minimum Gasteiger partial charge on any atom is -0.387 e. The molecule has 0 radical (unpaired) electrons. The van der Waals surface area contributed by atoms with E-state index in [0.717, 1.165) is 37.3 Å². The number of nitrogens with zero attached hydrogens (tertiary/aromatic N) is 4. The molecular weight excluding hydrogens is 318 g/mol. The molecule has 0 aliphatic carbocycles. The molecule has 7 heteroatoms. The first-order valence-corrected chi connectivity index (χ1v) is 8.45. The quantitative estimate of drug-likeness (QED) is 0.927. The average molecular weight is 337 g/mol. The van der Waals surface area contributed by atoms with Gasteiger partial charge in [-0.1, -0.05) is 35.5 Å². The number of aromatic nitrogens is 2. The molecule has 4 rings (SSSR count). The van der Waals surface area contributed by atoms with E-state index in [1.54, 1.807) is 6.20 Å². The Hall–Kier alpha value is -2.96. The number of anilines is 2. The highest BCUT2D eigenvalue weighted by Gasteiger charge is 2.28. The van der Waals surface area contributed by atoms with E-state index in [2.05, 4.69) is 25.3 Å². The van der Waals surface area contributed by atoms with Gasteiger partial charge < -0.3 is 15.1 Å². The lowest BCUT2D eigenvalue weighted by molar-refractivity contribution is -0.110. The van der Waals surface area contributed by atoms with Gasteiger partial charge in [0.05, 0.1) is 6.20 Å². The maximum atomic E-state index is 12.6. The molecule has 7 nitrogen and oxygen atoms in total. The van der Waals surface area contributed by atoms with Crippen LogP contribution >= 0.6 is 0 Å². The van der Waals surface area contributed by atoms with Crippen LogP contribution in [0, 0.1) is 0 Å². The molecule has 0 saturated carbocycles. The van der Waals surface area contributed by atoms with E-state index in [0.29, 0.717) is 17.8 Å². The van der Waals surface area contributed by atoms with Crippen LogP contribution in [-0.4, -0.2) is 34.7 Å². The highest BCUT2D eigenvalue weighted by Crippen LogP contribution is 2.29. The van der Waals surface area contributed by atoms with Crippen molar-refractivity contribution in [2.24, 2.45) is 5.16 Å². The largest absolute Gasteiger partial charge is 0.387 e. The Morgan fingerprint density at radius 1 is 1.20 bits per heavy atom. The number of carbonyl (C=O) groups is 1. The molecule has 0 bridgehead atoms. The second-order valence-corrected chi connectivity index (χ2v) is 6.16. The molecule has 2 aliphatic rings. The SMILES string of the molecule is O=C(Nc1cncnc1N1CCCC1)C1=NO[C@H](c2ccccc2)C1. The van der Waals surface area contributed by atoms with Gasteiger partial charge in [0.1, 0.15) is 17.7 Å². The first-order chi connectivity index (χ1) is 12.3. The fraction of sp³-hybridized carbons (Fsp3) is 0.333. The van der Waals surface area contributed by atoms with Crippen LogP contribution in [0.5, 0.6) is 0 Å². The van der Waals surface area contributed by atoms with E-state index in [1.807, 2.05) is 30.3 Å². The molecule has 0 unspecified atom stereocenters. The molecule has 1 aromatic carbocycles. The Bertz CT molecular complexity index is 787. The van der Waals surface area contributed by atoms with Crippen molar-refractivity contribution in [1.29, 1.82) is 0 Å². The van der Waals surface area contributed by atoms with Crippen LogP contribution in [-0.2, 0) is 9.63 Å². The van der Waals surface area contributed by atoms with Gasteiger partial charge in [-0.25, -0.2) is 9.97 Å². The Kier molecular flexibility index (Phi) is 4.28. The predicted molar refractivity (Wildman–Crippen MR) is 94.4 cm³/mol. The summed E-state index contributed by atoms with van der Waals surface area (Å²) in [5, 5.41) is 6.85. The van der Waals surface area contributed by atoms with Crippen molar-refractivity contribution in [3.63, 3.8) is 0 Å². The lowest BCUT2D eigenvalue weighted by Crippen LogP contribution is -2.26. The summed E-state index contributed by atoms with van der Waals surface area (Å²) in [5.41, 5.74) is 2.00. The summed E-state index contributed by atoms with van der Waals surface area (Å²) in [6, 6.07) is 9.78. The second kappa shape index (κ2) is 6.88. The highest BCUT2D eigenvalue weighted by molar-refractivity contribution is 6.43. The van der Waals surface area contributed by atoms with E-state index >= 15 is 0 Å². The number of amides is 1. The molecule has 2 aromatic rings. The molecule has 1 saturated heterocycles. The molecule has 25 heavy (non-hydrogen) atoms. The third-order valence-electron chi connectivity index (χ3n) is 4.45. The highest BCUT2D eigenvalue weighted by atomic mass is 16.6. The zero-order valence-corrected chi connectivity index (χ0v) is 13.8. The van der Waals surface area contributed by atoms with Crippen LogP contribution < -0.4 is 10.2 Å². The molecule has 3 heterocycles. The fourth-order valence-corrected chi connectivity index (χ4v) is 3.14. The zero-order chi connectivity index (χ0) is 17.1. The number of carbonyl (C=O) groups excluding carboxylic acids is 1. The summed E-state index contributed by atoms with van der Waals surface area (Å²) in [7, 11) is 0. The first-order valence-electron chi connectivity index (χ1n) is 8.45. The summed E-state index contributed by atoms with van der Waals surface area (Å²) < 4.78 is 0.